The van der Waals surface area contributed by atoms with Crippen LogP contribution in [0.3, 0.4) is 0 Å². The maximum atomic E-state index is 13.4. The number of carbonyl (C=O) groups is 3. The molecule has 232 valence electrons. The van der Waals surface area contributed by atoms with Gasteiger partial charge in [-0.15, -0.1) is 0 Å². The van der Waals surface area contributed by atoms with Gasteiger partial charge in [0.15, 0.2) is 12.2 Å². The number of carbonyl (C=O) groups excluding carboxylic acids is 3. The highest BCUT2D eigenvalue weighted by Crippen LogP contribution is 2.41. The minimum Gasteiger partial charge on any atom is -0.497 e. The summed E-state index contributed by atoms with van der Waals surface area (Å²) in [5.41, 5.74) is 1.30. The van der Waals surface area contributed by atoms with E-state index in [1.54, 1.807) is 109 Å². The van der Waals surface area contributed by atoms with Crippen molar-refractivity contribution in [1.82, 2.24) is 5.32 Å². The Morgan fingerprint density at radius 1 is 0.711 bits per heavy atom. The van der Waals surface area contributed by atoms with Gasteiger partial charge < -0.3 is 34.1 Å². The first-order valence-corrected chi connectivity index (χ1v) is 14.3. The number of hydrogen-bond acceptors (Lipinski definition) is 9. The molecule has 1 aliphatic heterocycles. The number of esters is 2. The lowest BCUT2D eigenvalue weighted by molar-refractivity contribution is -0.223. The van der Waals surface area contributed by atoms with E-state index in [9.17, 15) is 19.5 Å². The molecule has 4 aromatic carbocycles. The fourth-order valence-electron chi connectivity index (χ4n) is 5.09. The number of aliphatic hydroxyl groups excluding tert-OH is 1. The predicted octanol–water partition coefficient (Wildman–Crippen LogP) is 4.39. The Hall–Kier alpha value is -5.19. The van der Waals surface area contributed by atoms with Gasteiger partial charge in [0.25, 0.3) is 5.91 Å². The first-order chi connectivity index (χ1) is 21.9. The second-order valence-corrected chi connectivity index (χ2v) is 10.2. The Kier molecular flexibility index (Phi) is 10.1. The van der Waals surface area contributed by atoms with Gasteiger partial charge in [-0.1, -0.05) is 54.6 Å². The van der Waals surface area contributed by atoms with Crippen molar-refractivity contribution in [3.8, 4) is 11.5 Å². The molecule has 1 amide bonds. The fourth-order valence-corrected chi connectivity index (χ4v) is 5.09. The molecule has 0 unspecified atom stereocenters. The first kappa shape index (κ1) is 31.2. The lowest BCUT2D eigenvalue weighted by atomic mass is 9.89. The highest BCUT2D eigenvalue weighted by atomic mass is 16.6. The zero-order valence-electron chi connectivity index (χ0n) is 24.7. The number of aliphatic hydroxyl groups is 1. The van der Waals surface area contributed by atoms with Gasteiger partial charge in [0.05, 0.1) is 25.3 Å². The molecule has 10 nitrogen and oxygen atoms in total. The summed E-state index contributed by atoms with van der Waals surface area (Å²) in [6.45, 7) is -0.156. The number of methoxy groups -OCH3 is 2. The second kappa shape index (κ2) is 14.5. The molecule has 1 heterocycles. The molecular formula is C35H33NO9. The van der Waals surface area contributed by atoms with E-state index in [2.05, 4.69) is 5.32 Å². The average molecular weight is 612 g/mol. The Bertz CT molecular complexity index is 1600. The molecule has 45 heavy (non-hydrogen) atoms. The first-order valence-electron chi connectivity index (χ1n) is 14.3. The van der Waals surface area contributed by atoms with Crippen LogP contribution < -0.4 is 14.8 Å². The lowest BCUT2D eigenvalue weighted by Gasteiger charge is -2.44. The summed E-state index contributed by atoms with van der Waals surface area (Å²) < 4.78 is 29.4. The average Bonchev–Trinajstić information content (AvgIpc) is 3.10. The van der Waals surface area contributed by atoms with Gasteiger partial charge in [0, 0.05) is 17.7 Å². The van der Waals surface area contributed by atoms with Crippen LogP contribution in [0, 0.1) is 0 Å². The summed E-state index contributed by atoms with van der Waals surface area (Å²) in [5, 5.41) is 14.4. The van der Waals surface area contributed by atoms with Crippen molar-refractivity contribution in [2.45, 2.75) is 30.5 Å². The van der Waals surface area contributed by atoms with Crippen LogP contribution in [0.15, 0.2) is 109 Å². The van der Waals surface area contributed by atoms with E-state index >= 15 is 0 Å². The zero-order chi connectivity index (χ0) is 31.8. The molecule has 1 fully saturated rings. The number of ether oxygens (including phenoxy) is 5. The maximum absolute atomic E-state index is 13.4. The number of amides is 1. The summed E-state index contributed by atoms with van der Waals surface area (Å²) in [4.78, 5) is 39.7. The standard InChI is InChI=1S/C35H33NO9/c1-41-25-18-19-27(42-2)26(20-25)30-32(45-35(40)24-16-10-5-11-17-24)31(44-34(39)23-14-8-4-9-15-23)29(37)28(43-30)21-36-33(38)22-12-6-3-7-13-22/h3-20,28-32,37H,21H2,1-2H3,(H,36,38)/t28-,29-,30+,31+,32+/m1/s1. The van der Waals surface area contributed by atoms with Crippen LogP contribution in [0.2, 0.25) is 0 Å². The summed E-state index contributed by atoms with van der Waals surface area (Å²) >= 11 is 0. The van der Waals surface area contributed by atoms with Crippen molar-refractivity contribution >= 4 is 17.8 Å². The molecule has 1 saturated heterocycles. The van der Waals surface area contributed by atoms with Crippen LogP contribution in [0.25, 0.3) is 0 Å². The molecule has 1 aliphatic rings. The molecule has 0 aromatic heterocycles. The van der Waals surface area contributed by atoms with E-state index in [-0.39, 0.29) is 17.7 Å². The fraction of sp³-hybridized carbons (Fsp3) is 0.229. The van der Waals surface area contributed by atoms with Crippen LogP contribution in [0.4, 0.5) is 0 Å². The third-order valence-electron chi connectivity index (χ3n) is 7.41. The van der Waals surface area contributed by atoms with Crippen molar-refractivity contribution in [2.24, 2.45) is 0 Å². The van der Waals surface area contributed by atoms with Crippen LogP contribution in [-0.4, -0.2) is 68.1 Å². The number of benzene rings is 4. The predicted molar refractivity (Wildman–Crippen MR) is 163 cm³/mol. The van der Waals surface area contributed by atoms with Crippen molar-refractivity contribution in [1.29, 1.82) is 0 Å². The number of rotatable bonds is 10. The Balaban J connectivity index is 1.55. The van der Waals surface area contributed by atoms with Crippen LogP contribution in [0.5, 0.6) is 11.5 Å². The molecule has 10 heteroatoms. The monoisotopic (exact) mass is 611 g/mol. The molecule has 0 spiro atoms. The minimum atomic E-state index is -1.52. The Labute approximate surface area is 260 Å². The van der Waals surface area contributed by atoms with Crippen molar-refractivity contribution in [2.75, 3.05) is 20.8 Å². The van der Waals surface area contributed by atoms with Gasteiger partial charge in [-0.3, -0.25) is 4.79 Å². The van der Waals surface area contributed by atoms with Gasteiger partial charge in [-0.25, -0.2) is 9.59 Å². The third-order valence-corrected chi connectivity index (χ3v) is 7.41. The quantitative estimate of drug-likeness (QED) is 0.251. The van der Waals surface area contributed by atoms with Gasteiger partial charge in [0.2, 0.25) is 0 Å². The summed E-state index contributed by atoms with van der Waals surface area (Å²) in [6.07, 6.45) is -6.51. The van der Waals surface area contributed by atoms with E-state index in [0.29, 0.717) is 22.6 Å². The van der Waals surface area contributed by atoms with Crippen molar-refractivity contribution < 1.29 is 43.2 Å². The van der Waals surface area contributed by atoms with Crippen LogP contribution in [0.1, 0.15) is 42.7 Å². The van der Waals surface area contributed by atoms with Crippen LogP contribution >= 0.6 is 0 Å². The lowest BCUT2D eigenvalue weighted by Crippen LogP contribution is -2.59. The largest absolute Gasteiger partial charge is 0.497 e. The Morgan fingerprint density at radius 2 is 1.24 bits per heavy atom. The zero-order valence-corrected chi connectivity index (χ0v) is 24.7. The Morgan fingerprint density at radius 3 is 1.78 bits per heavy atom. The highest BCUT2D eigenvalue weighted by Gasteiger charge is 2.51. The van der Waals surface area contributed by atoms with Gasteiger partial charge in [0.1, 0.15) is 29.8 Å². The SMILES string of the molecule is COc1ccc(OC)c([C@@H]2O[C@H](CNC(=O)c3ccccc3)[C@@H](O)[C@H](OC(=O)c3ccccc3)[C@H]2OC(=O)c2ccccc2)c1. The number of nitrogens with one attached hydrogen (secondary N) is 1. The summed E-state index contributed by atoms with van der Waals surface area (Å²) in [6, 6.07) is 30.1. The normalized spacial score (nSPS) is 20.8. The summed E-state index contributed by atoms with van der Waals surface area (Å²) in [5.74, 6) is -1.03. The van der Waals surface area contributed by atoms with E-state index in [0.717, 1.165) is 0 Å². The van der Waals surface area contributed by atoms with Gasteiger partial charge in [-0.05, 0) is 54.6 Å². The molecular weight excluding hydrogens is 578 g/mol. The highest BCUT2D eigenvalue weighted by molar-refractivity contribution is 5.94. The smallest absolute Gasteiger partial charge is 0.338 e. The van der Waals surface area contributed by atoms with Crippen molar-refractivity contribution in [3.63, 3.8) is 0 Å². The molecule has 4 aromatic rings. The molecule has 5 atom stereocenters. The molecule has 0 bridgehead atoms. The minimum absolute atomic E-state index is 0.156. The third kappa shape index (κ3) is 7.31. The van der Waals surface area contributed by atoms with E-state index in [1.165, 1.54) is 14.2 Å². The van der Waals surface area contributed by atoms with Gasteiger partial charge in [-0.2, -0.15) is 0 Å². The number of hydrogen-bond donors (Lipinski definition) is 2. The molecule has 2 N–H and O–H groups in total. The topological polar surface area (TPSA) is 130 Å². The van der Waals surface area contributed by atoms with Crippen LogP contribution in [-0.2, 0) is 14.2 Å². The molecule has 5 rings (SSSR count). The molecule has 0 aliphatic carbocycles. The van der Waals surface area contributed by atoms with E-state index in [1.807, 2.05) is 0 Å². The van der Waals surface area contributed by atoms with E-state index < -0.39 is 48.4 Å². The van der Waals surface area contributed by atoms with E-state index in [4.69, 9.17) is 23.7 Å². The molecule has 0 saturated carbocycles. The second-order valence-electron chi connectivity index (χ2n) is 10.2. The molecule has 0 radical (unpaired) electrons. The maximum Gasteiger partial charge on any atom is 0.338 e. The van der Waals surface area contributed by atoms with Crippen molar-refractivity contribution in [3.05, 3.63) is 131 Å². The van der Waals surface area contributed by atoms with Gasteiger partial charge >= 0.3 is 11.9 Å². The summed E-state index contributed by atoms with van der Waals surface area (Å²) in [7, 11) is 2.97.